The molecule has 0 amide bonds. The third kappa shape index (κ3) is 3.08. The Morgan fingerprint density at radius 3 is 2.53 bits per heavy atom. The molecule has 1 aromatic rings. The summed E-state index contributed by atoms with van der Waals surface area (Å²) < 4.78 is 5.28. The van der Waals surface area contributed by atoms with E-state index in [1.165, 1.54) is 0 Å². The maximum Gasteiger partial charge on any atom is 0.211 e. The van der Waals surface area contributed by atoms with Gasteiger partial charge in [-0.2, -0.15) is 0 Å². The van der Waals surface area contributed by atoms with Gasteiger partial charge < -0.3 is 4.74 Å². The molecule has 2 nitrogen and oxygen atoms in total. The van der Waals surface area contributed by atoms with Crippen LogP contribution in [0.25, 0.3) is 0 Å². The number of ether oxygens (including phenoxy) is 1. The van der Waals surface area contributed by atoms with Crippen LogP contribution in [0.5, 0.6) is 0 Å². The first-order chi connectivity index (χ1) is 7.36. The molecule has 0 radical (unpaired) electrons. The Kier molecular flexibility index (Phi) is 3.80. The van der Waals surface area contributed by atoms with Crippen LogP contribution in [0.2, 0.25) is 0 Å². The molecular formula is C12H15O2S+. The van der Waals surface area contributed by atoms with Crippen molar-refractivity contribution in [1.82, 2.24) is 0 Å². The predicted octanol–water partition coefficient (Wildman–Crippen LogP) is 1.52. The van der Waals surface area contributed by atoms with Crippen molar-refractivity contribution in [3.05, 3.63) is 35.9 Å². The van der Waals surface area contributed by atoms with Crippen molar-refractivity contribution >= 4 is 16.7 Å². The quantitative estimate of drug-likeness (QED) is 0.573. The first kappa shape index (κ1) is 10.7. The lowest BCUT2D eigenvalue weighted by Crippen LogP contribution is -2.31. The molecule has 1 aromatic carbocycles. The van der Waals surface area contributed by atoms with E-state index in [9.17, 15) is 4.79 Å². The van der Waals surface area contributed by atoms with Gasteiger partial charge in [-0.15, -0.1) is 0 Å². The Balaban J connectivity index is 1.91. The minimum Gasteiger partial charge on any atom is -0.372 e. The summed E-state index contributed by atoms with van der Waals surface area (Å²) in [5, 5.41) is 0. The molecule has 3 heteroatoms. The van der Waals surface area contributed by atoms with E-state index in [0.717, 1.165) is 30.3 Å². The number of ketones is 1. The highest BCUT2D eigenvalue weighted by molar-refractivity contribution is 7.97. The van der Waals surface area contributed by atoms with Crippen molar-refractivity contribution in [3.8, 4) is 0 Å². The predicted molar refractivity (Wildman–Crippen MR) is 63.6 cm³/mol. The molecule has 0 unspecified atom stereocenters. The number of benzene rings is 1. The zero-order valence-corrected chi connectivity index (χ0v) is 9.46. The fourth-order valence-corrected chi connectivity index (χ4v) is 3.33. The smallest absolute Gasteiger partial charge is 0.211 e. The fraction of sp³-hybridized carbons (Fsp3) is 0.417. The molecule has 1 aliphatic rings. The maximum absolute atomic E-state index is 11.9. The lowest BCUT2D eigenvalue weighted by atomic mass is 10.2. The van der Waals surface area contributed by atoms with Crippen molar-refractivity contribution in [2.75, 3.05) is 30.5 Å². The van der Waals surface area contributed by atoms with Gasteiger partial charge in [-0.05, 0) is 0 Å². The van der Waals surface area contributed by atoms with Crippen LogP contribution in [0.1, 0.15) is 10.4 Å². The second-order valence-corrected chi connectivity index (χ2v) is 5.90. The van der Waals surface area contributed by atoms with Gasteiger partial charge in [0.05, 0.1) is 13.2 Å². The summed E-state index contributed by atoms with van der Waals surface area (Å²) in [5.41, 5.74) is 0.844. The second-order valence-electron chi connectivity index (χ2n) is 3.57. The Labute approximate surface area is 93.0 Å². The number of carbonyl (C=O) groups excluding carboxylic acids is 1. The van der Waals surface area contributed by atoms with E-state index in [1.54, 1.807) is 0 Å². The van der Waals surface area contributed by atoms with Crippen molar-refractivity contribution in [1.29, 1.82) is 0 Å². The molecular weight excluding hydrogens is 208 g/mol. The topological polar surface area (TPSA) is 26.3 Å². The van der Waals surface area contributed by atoms with Crippen LogP contribution < -0.4 is 0 Å². The van der Waals surface area contributed by atoms with Crippen LogP contribution in [-0.4, -0.2) is 36.3 Å². The first-order valence-electron chi connectivity index (χ1n) is 5.16. The van der Waals surface area contributed by atoms with Crippen LogP contribution in [-0.2, 0) is 15.6 Å². The average molecular weight is 223 g/mol. The van der Waals surface area contributed by atoms with E-state index >= 15 is 0 Å². The summed E-state index contributed by atoms with van der Waals surface area (Å²) in [5.74, 6) is 3.09. The zero-order valence-electron chi connectivity index (χ0n) is 8.65. The van der Waals surface area contributed by atoms with E-state index in [-0.39, 0.29) is 16.7 Å². The molecule has 0 aliphatic carbocycles. The zero-order chi connectivity index (χ0) is 10.5. The molecule has 0 saturated carbocycles. The van der Waals surface area contributed by atoms with E-state index in [0.29, 0.717) is 5.75 Å². The van der Waals surface area contributed by atoms with Gasteiger partial charge in [0, 0.05) is 16.5 Å². The third-order valence-electron chi connectivity index (χ3n) is 2.46. The summed E-state index contributed by atoms with van der Waals surface area (Å²) in [6, 6.07) is 9.56. The highest BCUT2D eigenvalue weighted by Crippen LogP contribution is 2.08. The highest BCUT2D eigenvalue weighted by Gasteiger charge is 2.25. The standard InChI is InChI=1S/C12H15O2S/c13-12(11-4-2-1-3-5-11)10-15-8-6-14-7-9-15/h1-5H,6-10H2/q+1. The molecule has 0 aromatic heterocycles. The highest BCUT2D eigenvalue weighted by atomic mass is 32.2. The Bertz CT molecular complexity index is 318. The van der Waals surface area contributed by atoms with Crippen molar-refractivity contribution < 1.29 is 9.53 Å². The Morgan fingerprint density at radius 1 is 1.20 bits per heavy atom. The van der Waals surface area contributed by atoms with Gasteiger partial charge >= 0.3 is 0 Å². The molecule has 1 saturated heterocycles. The Morgan fingerprint density at radius 2 is 1.87 bits per heavy atom. The van der Waals surface area contributed by atoms with E-state index in [1.807, 2.05) is 30.3 Å². The summed E-state index contributed by atoms with van der Waals surface area (Å²) in [6.07, 6.45) is 0. The summed E-state index contributed by atoms with van der Waals surface area (Å²) in [7, 11) is 0.250. The van der Waals surface area contributed by atoms with Crippen molar-refractivity contribution in [3.63, 3.8) is 0 Å². The molecule has 0 N–H and O–H groups in total. The normalized spacial score (nSPS) is 17.6. The fourth-order valence-electron chi connectivity index (χ4n) is 1.59. The summed E-state index contributed by atoms with van der Waals surface area (Å²) >= 11 is 0. The van der Waals surface area contributed by atoms with E-state index in [4.69, 9.17) is 4.74 Å². The molecule has 1 aliphatic heterocycles. The molecule has 1 heterocycles. The largest absolute Gasteiger partial charge is 0.372 e. The van der Waals surface area contributed by atoms with Gasteiger partial charge in [-0.1, -0.05) is 30.3 Å². The van der Waals surface area contributed by atoms with Gasteiger partial charge in [0.2, 0.25) is 5.78 Å². The van der Waals surface area contributed by atoms with Crippen LogP contribution in [0.4, 0.5) is 0 Å². The summed E-state index contributed by atoms with van der Waals surface area (Å²) in [6.45, 7) is 1.65. The van der Waals surface area contributed by atoms with Gasteiger partial charge in [-0.25, -0.2) is 0 Å². The van der Waals surface area contributed by atoms with E-state index in [2.05, 4.69) is 0 Å². The molecule has 15 heavy (non-hydrogen) atoms. The first-order valence-corrected chi connectivity index (χ1v) is 6.89. The molecule has 2 rings (SSSR count). The third-order valence-corrected chi connectivity index (χ3v) is 4.62. The van der Waals surface area contributed by atoms with Crippen molar-refractivity contribution in [2.24, 2.45) is 0 Å². The van der Waals surface area contributed by atoms with Gasteiger partial charge in [0.25, 0.3) is 0 Å². The van der Waals surface area contributed by atoms with Crippen molar-refractivity contribution in [2.45, 2.75) is 0 Å². The number of carbonyl (C=O) groups is 1. The minimum atomic E-state index is 0.250. The minimum absolute atomic E-state index is 0.250. The van der Waals surface area contributed by atoms with Crippen LogP contribution in [0.3, 0.4) is 0 Å². The Hall–Kier alpha value is -0.800. The molecule has 0 spiro atoms. The summed E-state index contributed by atoms with van der Waals surface area (Å²) in [4.78, 5) is 11.9. The lowest BCUT2D eigenvalue weighted by Gasteiger charge is -2.13. The van der Waals surface area contributed by atoms with E-state index < -0.39 is 0 Å². The van der Waals surface area contributed by atoms with Crippen LogP contribution >= 0.6 is 0 Å². The number of rotatable bonds is 3. The monoisotopic (exact) mass is 223 g/mol. The molecule has 0 atom stereocenters. The average Bonchev–Trinajstić information content (AvgIpc) is 2.31. The molecule has 80 valence electrons. The van der Waals surface area contributed by atoms with Crippen LogP contribution in [0.15, 0.2) is 30.3 Å². The van der Waals surface area contributed by atoms with Crippen LogP contribution in [0, 0.1) is 0 Å². The number of Topliss-reactive ketones (excluding diaryl/α,β-unsaturated/α-hetero) is 1. The maximum atomic E-state index is 11.9. The molecule has 1 fully saturated rings. The number of hydrogen-bond donors (Lipinski definition) is 0. The van der Waals surface area contributed by atoms with Gasteiger partial charge in [0.15, 0.2) is 5.75 Å². The lowest BCUT2D eigenvalue weighted by molar-refractivity contribution is 0.102. The SMILES string of the molecule is O=C(C[S+]1CCOCC1)c1ccccc1. The van der Waals surface area contributed by atoms with Gasteiger partial charge in [0.1, 0.15) is 11.5 Å². The molecule has 0 bridgehead atoms. The second kappa shape index (κ2) is 5.33. The number of hydrogen-bond acceptors (Lipinski definition) is 2. The van der Waals surface area contributed by atoms with Gasteiger partial charge in [-0.3, -0.25) is 4.79 Å².